The molecule has 0 aliphatic heterocycles. The predicted molar refractivity (Wildman–Crippen MR) is 97.1 cm³/mol. The van der Waals surface area contributed by atoms with E-state index in [1.807, 2.05) is 5.43 Å². The molecule has 3 aromatic rings. The Balaban J connectivity index is 1.62. The molecule has 0 atom stereocenters. The molecule has 0 saturated heterocycles. The van der Waals surface area contributed by atoms with Gasteiger partial charge in [0.2, 0.25) is 0 Å². The number of carbonyl (C=O) groups excluding carboxylic acids is 2. The number of hydrazine groups is 1. The van der Waals surface area contributed by atoms with Gasteiger partial charge in [-0.15, -0.1) is 0 Å². The summed E-state index contributed by atoms with van der Waals surface area (Å²) in [5, 5.41) is 0. The molecule has 0 bridgehead atoms. The number of halogens is 3. The molecule has 0 aliphatic rings. The summed E-state index contributed by atoms with van der Waals surface area (Å²) in [5.74, 6) is -0.745. The number of hydrogen-bond donors (Lipinski definition) is 2. The van der Waals surface area contributed by atoms with Crippen molar-refractivity contribution < 1.29 is 27.5 Å². The molecule has 2 N–H and O–H groups in total. The molecule has 9 heteroatoms. The van der Waals surface area contributed by atoms with E-state index in [9.17, 15) is 22.8 Å². The zero-order chi connectivity index (χ0) is 20.9. The van der Waals surface area contributed by atoms with E-state index in [1.165, 1.54) is 36.4 Å². The van der Waals surface area contributed by atoms with E-state index in [-0.39, 0.29) is 5.56 Å². The number of aromatic nitrogens is 1. The van der Waals surface area contributed by atoms with Gasteiger partial charge in [0.1, 0.15) is 11.5 Å². The lowest BCUT2D eigenvalue weighted by Gasteiger charge is -2.13. The molecule has 2 aromatic carbocycles. The third kappa shape index (κ3) is 5.10. The van der Waals surface area contributed by atoms with Crippen LogP contribution < -0.4 is 15.6 Å². The molecule has 0 radical (unpaired) electrons. The Kier molecular flexibility index (Phi) is 5.77. The molecule has 1 aromatic heterocycles. The molecule has 0 aliphatic carbocycles. The molecule has 148 valence electrons. The van der Waals surface area contributed by atoms with Crippen molar-refractivity contribution in [1.82, 2.24) is 15.8 Å². The second kappa shape index (κ2) is 8.42. The van der Waals surface area contributed by atoms with Crippen LogP contribution in [0.1, 0.15) is 26.3 Å². The van der Waals surface area contributed by atoms with Crippen LogP contribution in [-0.4, -0.2) is 16.8 Å². The standard InChI is InChI=1S/C20H14F3N3O3/c21-20(22,23)17-4-2-1-3-16(17)19(28)26-25-18(27)13-5-7-14(8-6-13)29-15-9-11-24-12-10-15/h1-12H,(H,25,27)(H,26,28). The fraction of sp³-hybridized carbons (Fsp3) is 0.0500. The van der Waals surface area contributed by atoms with Crippen molar-refractivity contribution in [3.05, 3.63) is 89.7 Å². The van der Waals surface area contributed by atoms with E-state index in [2.05, 4.69) is 10.4 Å². The van der Waals surface area contributed by atoms with Gasteiger partial charge < -0.3 is 4.74 Å². The van der Waals surface area contributed by atoms with Gasteiger partial charge in [0.25, 0.3) is 11.8 Å². The second-order valence-corrected chi connectivity index (χ2v) is 5.76. The fourth-order valence-corrected chi connectivity index (χ4v) is 2.40. The molecule has 29 heavy (non-hydrogen) atoms. The van der Waals surface area contributed by atoms with Gasteiger partial charge in [0, 0.05) is 18.0 Å². The first-order valence-electron chi connectivity index (χ1n) is 8.29. The number of amides is 2. The van der Waals surface area contributed by atoms with E-state index in [0.717, 1.165) is 12.1 Å². The minimum absolute atomic E-state index is 0.177. The van der Waals surface area contributed by atoms with Crippen LogP contribution in [0.2, 0.25) is 0 Å². The van der Waals surface area contributed by atoms with E-state index in [0.29, 0.717) is 11.5 Å². The van der Waals surface area contributed by atoms with Crippen LogP contribution in [0.15, 0.2) is 73.1 Å². The van der Waals surface area contributed by atoms with Crippen LogP contribution in [0, 0.1) is 0 Å². The Morgan fingerprint density at radius 1 is 0.793 bits per heavy atom. The number of pyridine rings is 1. The number of nitrogens with one attached hydrogen (secondary N) is 2. The molecule has 0 fully saturated rings. The van der Waals surface area contributed by atoms with Gasteiger partial charge in [-0.25, -0.2) is 0 Å². The van der Waals surface area contributed by atoms with Gasteiger partial charge in [0.15, 0.2) is 0 Å². The zero-order valence-corrected chi connectivity index (χ0v) is 14.7. The molecule has 0 unspecified atom stereocenters. The number of alkyl halides is 3. The van der Waals surface area contributed by atoms with Crippen LogP contribution in [-0.2, 0) is 6.18 Å². The maximum absolute atomic E-state index is 13.0. The summed E-state index contributed by atoms with van der Waals surface area (Å²) in [7, 11) is 0. The van der Waals surface area contributed by atoms with Gasteiger partial charge >= 0.3 is 6.18 Å². The summed E-state index contributed by atoms with van der Waals surface area (Å²) in [4.78, 5) is 28.1. The summed E-state index contributed by atoms with van der Waals surface area (Å²) in [6, 6.07) is 13.6. The highest BCUT2D eigenvalue weighted by molar-refractivity contribution is 5.99. The highest BCUT2D eigenvalue weighted by atomic mass is 19.4. The minimum atomic E-state index is -4.69. The SMILES string of the molecule is O=C(NNC(=O)c1ccccc1C(F)(F)F)c1ccc(Oc2ccncc2)cc1. The monoisotopic (exact) mass is 401 g/mol. The van der Waals surface area contributed by atoms with Crippen molar-refractivity contribution in [3.8, 4) is 11.5 Å². The number of carbonyl (C=O) groups is 2. The molecule has 6 nitrogen and oxygen atoms in total. The number of ether oxygens (including phenoxy) is 1. The first-order valence-corrected chi connectivity index (χ1v) is 8.29. The van der Waals surface area contributed by atoms with E-state index in [4.69, 9.17) is 4.74 Å². The Hall–Kier alpha value is -3.88. The summed E-state index contributed by atoms with van der Waals surface area (Å²) in [6.07, 6.45) is -1.56. The first-order chi connectivity index (χ1) is 13.8. The van der Waals surface area contributed by atoms with Crippen molar-refractivity contribution in [3.63, 3.8) is 0 Å². The lowest BCUT2D eigenvalue weighted by atomic mass is 10.1. The lowest BCUT2D eigenvalue weighted by Crippen LogP contribution is -2.42. The average Bonchev–Trinajstić information content (AvgIpc) is 2.72. The van der Waals surface area contributed by atoms with E-state index < -0.39 is 29.1 Å². The van der Waals surface area contributed by atoms with Crippen LogP contribution in [0.25, 0.3) is 0 Å². The highest BCUT2D eigenvalue weighted by Crippen LogP contribution is 2.31. The van der Waals surface area contributed by atoms with Gasteiger partial charge in [-0.2, -0.15) is 13.2 Å². The second-order valence-electron chi connectivity index (χ2n) is 5.76. The third-order valence-corrected chi connectivity index (χ3v) is 3.77. The number of hydrogen-bond acceptors (Lipinski definition) is 4. The third-order valence-electron chi connectivity index (χ3n) is 3.77. The summed E-state index contributed by atoms with van der Waals surface area (Å²) in [5.41, 5.74) is 2.57. The molecular formula is C20H14F3N3O3. The van der Waals surface area contributed by atoms with Crippen molar-refractivity contribution in [2.75, 3.05) is 0 Å². The maximum Gasteiger partial charge on any atom is 0.417 e. The Bertz CT molecular complexity index is 1010. The number of benzene rings is 2. The topological polar surface area (TPSA) is 80.3 Å². The van der Waals surface area contributed by atoms with Crippen LogP contribution in [0.3, 0.4) is 0 Å². The van der Waals surface area contributed by atoms with Crippen LogP contribution >= 0.6 is 0 Å². The Labute approximate surface area is 163 Å². The van der Waals surface area contributed by atoms with Crippen molar-refractivity contribution >= 4 is 11.8 Å². The van der Waals surface area contributed by atoms with Crippen LogP contribution in [0.5, 0.6) is 11.5 Å². The van der Waals surface area contributed by atoms with E-state index >= 15 is 0 Å². The summed E-state index contributed by atoms with van der Waals surface area (Å²) < 4.78 is 44.5. The van der Waals surface area contributed by atoms with Crippen molar-refractivity contribution in [2.45, 2.75) is 6.18 Å². The quantitative estimate of drug-likeness (QED) is 0.649. The smallest absolute Gasteiger partial charge is 0.417 e. The summed E-state index contributed by atoms with van der Waals surface area (Å²) in [6.45, 7) is 0. The van der Waals surface area contributed by atoms with Crippen molar-refractivity contribution in [1.29, 1.82) is 0 Å². The normalized spacial score (nSPS) is 10.9. The van der Waals surface area contributed by atoms with Gasteiger partial charge in [-0.1, -0.05) is 12.1 Å². The first kappa shape index (κ1) is 19.9. The molecule has 0 spiro atoms. The largest absolute Gasteiger partial charge is 0.457 e. The van der Waals surface area contributed by atoms with Crippen molar-refractivity contribution in [2.24, 2.45) is 0 Å². The zero-order valence-electron chi connectivity index (χ0n) is 14.7. The molecule has 0 saturated carbocycles. The molecule has 1 heterocycles. The highest BCUT2D eigenvalue weighted by Gasteiger charge is 2.34. The maximum atomic E-state index is 13.0. The Morgan fingerprint density at radius 2 is 1.38 bits per heavy atom. The molecule has 2 amide bonds. The summed E-state index contributed by atoms with van der Waals surface area (Å²) >= 11 is 0. The van der Waals surface area contributed by atoms with Gasteiger partial charge in [0.05, 0.1) is 11.1 Å². The number of rotatable bonds is 4. The lowest BCUT2D eigenvalue weighted by molar-refractivity contribution is -0.137. The minimum Gasteiger partial charge on any atom is -0.457 e. The van der Waals surface area contributed by atoms with Gasteiger partial charge in [-0.3, -0.25) is 25.4 Å². The number of nitrogens with zero attached hydrogens (tertiary/aromatic N) is 1. The molecular weight excluding hydrogens is 387 g/mol. The van der Waals surface area contributed by atoms with Crippen LogP contribution in [0.4, 0.5) is 13.2 Å². The fourth-order valence-electron chi connectivity index (χ4n) is 2.40. The Morgan fingerprint density at radius 3 is 2.03 bits per heavy atom. The predicted octanol–water partition coefficient (Wildman–Crippen LogP) is 3.97. The van der Waals surface area contributed by atoms with Gasteiger partial charge in [-0.05, 0) is 48.5 Å². The average molecular weight is 401 g/mol. The van der Waals surface area contributed by atoms with E-state index in [1.54, 1.807) is 24.5 Å². The molecule has 3 rings (SSSR count).